The minimum Gasteiger partial charge on any atom is -0.464 e. The molecule has 2 aliphatic heterocycles. The number of urea groups is 1. The summed E-state index contributed by atoms with van der Waals surface area (Å²) in [5, 5.41) is 7.60. The van der Waals surface area contributed by atoms with Crippen molar-refractivity contribution >= 4 is 34.2 Å². The number of amides is 4. The maximum atomic E-state index is 12.4. The van der Waals surface area contributed by atoms with Gasteiger partial charge in [-0.1, -0.05) is 5.21 Å². The Balaban J connectivity index is 1.53. The fraction of sp³-hybridized carbons (Fsp3) is 0.538. The first-order valence-electron chi connectivity index (χ1n) is 8.43. The lowest BCUT2D eigenvalue weighted by molar-refractivity contribution is -0.132. The molecule has 0 radical (unpaired) electrons. The molecule has 1 aromatic heterocycles. The standard InChI is InChI=1S/C13H17N7O9S/c1-28-12(23)8-5-18(17-14-8)6-10(21)15-16-11(22)9-3-2-7-4-19(9)13(24)20(7)29-30(25,26)27/h5,7,9H,2-4,6H2,1H3,(H,15,21)(H,16,22)(H,25,26,27)/t7-,9+/m1/s1. The number of hydrogen-bond donors (Lipinski definition) is 3. The first-order chi connectivity index (χ1) is 14.1. The summed E-state index contributed by atoms with van der Waals surface area (Å²) in [6.07, 6.45) is 1.59. The zero-order valence-corrected chi connectivity index (χ0v) is 16.2. The Bertz CT molecular complexity index is 977. The Morgan fingerprint density at radius 2 is 2.03 bits per heavy atom. The molecule has 16 nitrogen and oxygen atoms in total. The van der Waals surface area contributed by atoms with Gasteiger partial charge in [0.15, 0.2) is 5.69 Å². The second-order valence-corrected chi connectivity index (χ2v) is 7.34. The molecular formula is C13H17N7O9S. The lowest BCUT2D eigenvalue weighted by Crippen LogP contribution is -2.54. The molecule has 0 aliphatic carbocycles. The number of hydrogen-bond acceptors (Lipinski definition) is 10. The Labute approximate surface area is 168 Å². The summed E-state index contributed by atoms with van der Waals surface area (Å²) in [4.78, 5) is 49.0. The highest BCUT2D eigenvalue weighted by atomic mass is 32.3. The lowest BCUT2D eigenvalue weighted by Gasteiger charge is -2.29. The predicted molar refractivity (Wildman–Crippen MR) is 91.0 cm³/mol. The first-order valence-corrected chi connectivity index (χ1v) is 9.79. The molecule has 2 atom stereocenters. The molecule has 0 spiro atoms. The lowest BCUT2D eigenvalue weighted by atomic mass is 10.0. The van der Waals surface area contributed by atoms with E-state index in [0.717, 1.165) is 16.7 Å². The van der Waals surface area contributed by atoms with Gasteiger partial charge in [-0.2, -0.15) is 13.5 Å². The van der Waals surface area contributed by atoms with E-state index >= 15 is 0 Å². The molecule has 0 saturated carbocycles. The van der Waals surface area contributed by atoms with Gasteiger partial charge in [0.25, 0.3) is 11.8 Å². The summed E-state index contributed by atoms with van der Waals surface area (Å²) in [5.41, 5.74) is 4.21. The van der Waals surface area contributed by atoms with E-state index in [4.69, 9.17) is 4.55 Å². The molecule has 0 aromatic carbocycles. The minimum atomic E-state index is -4.89. The monoisotopic (exact) mass is 447 g/mol. The molecule has 3 heterocycles. The number of hydrazine groups is 1. The van der Waals surface area contributed by atoms with Crippen molar-refractivity contribution in [1.29, 1.82) is 0 Å². The maximum absolute atomic E-state index is 12.4. The van der Waals surface area contributed by atoms with Gasteiger partial charge in [-0.3, -0.25) is 25.0 Å². The molecule has 3 N–H and O–H groups in total. The van der Waals surface area contributed by atoms with Crippen molar-refractivity contribution in [1.82, 2.24) is 35.8 Å². The van der Waals surface area contributed by atoms with Gasteiger partial charge in [-0.15, -0.1) is 9.38 Å². The van der Waals surface area contributed by atoms with Gasteiger partial charge in [0.05, 0.1) is 19.3 Å². The zero-order valence-electron chi connectivity index (χ0n) is 15.4. The van der Waals surface area contributed by atoms with Crippen LogP contribution in [0.4, 0.5) is 4.79 Å². The summed E-state index contributed by atoms with van der Waals surface area (Å²) in [7, 11) is -3.73. The van der Waals surface area contributed by atoms with Crippen LogP contribution in [0, 0.1) is 0 Å². The topological polar surface area (TPSA) is 202 Å². The van der Waals surface area contributed by atoms with Crippen LogP contribution < -0.4 is 10.9 Å². The van der Waals surface area contributed by atoms with Gasteiger partial charge >= 0.3 is 22.4 Å². The number of carbonyl (C=O) groups excluding carboxylic acids is 4. The van der Waals surface area contributed by atoms with Crippen LogP contribution in [0.3, 0.4) is 0 Å². The van der Waals surface area contributed by atoms with Crippen LogP contribution in [0.25, 0.3) is 0 Å². The largest absolute Gasteiger partial charge is 0.464 e. The number of aromatic nitrogens is 3. The summed E-state index contributed by atoms with van der Waals surface area (Å²) in [5.74, 6) is -2.13. The number of hydroxylamine groups is 2. The molecule has 30 heavy (non-hydrogen) atoms. The van der Waals surface area contributed by atoms with Crippen LogP contribution in [0.5, 0.6) is 0 Å². The van der Waals surface area contributed by atoms with E-state index in [1.54, 1.807) is 0 Å². The van der Waals surface area contributed by atoms with Crippen molar-refractivity contribution in [3.63, 3.8) is 0 Å². The third-order valence-corrected chi connectivity index (χ3v) is 4.71. The number of ether oxygens (including phenoxy) is 1. The van der Waals surface area contributed by atoms with Crippen molar-refractivity contribution in [2.24, 2.45) is 0 Å². The van der Waals surface area contributed by atoms with Gasteiger partial charge < -0.3 is 9.64 Å². The fourth-order valence-corrected chi connectivity index (χ4v) is 3.47. The van der Waals surface area contributed by atoms with E-state index in [0.29, 0.717) is 5.06 Å². The van der Waals surface area contributed by atoms with Crippen LogP contribution in [0.2, 0.25) is 0 Å². The molecule has 3 rings (SSSR count). The van der Waals surface area contributed by atoms with Gasteiger partial charge in [0, 0.05) is 6.54 Å². The van der Waals surface area contributed by atoms with Crippen LogP contribution in [-0.2, 0) is 35.6 Å². The number of nitrogens with one attached hydrogen (secondary N) is 2. The van der Waals surface area contributed by atoms with Crippen molar-refractivity contribution in [2.45, 2.75) is 31.5 Å². The number of rotatable bonds is 6. The highest BCUT2D eigenvalue weighted by molar-refractivity contribution is 7.80. The quantitative estimate of drug-likeness (QED) is 0.231. The molecule has 2 bridgehead atoms. The Hall–Kier alpha value is -3.31. The van der Waals surface area contributed by atoms with Gasteiger partial charge in [0.1, 0.15) is 12.6 Å². The second kappa shape index (κ2) is 8.20. The summed E-state index contributed by atoms with van der Waals surface area (Å²) >= 11 is 0. The maximum Gasteiger partial charge on any atom is 0.418 e. The number of fused-ring (bicyclic) bond motifs is 2. The molecule has 2 aliphatic rings. The molecule has 0 unspecified atom stereocenters. The van der Waals surface area contributed by atoms with Gasteiger partial charge in [-0.05, 0) is 12.8 Å². The molecule has 4 amide bonds. The average Bonchev–Trinajstić information content (AvgIpc) is 3.24. The molecule has 1 aromatic rings. The summed E-state index contributed by atoms with van der Waals surface area (Å²) in [6.45, 7) is -0.356. The van der Waals surface area contributed by atoms with Crippen molar-refractivity contribution < 1.29 is 41.2 Å². The SMILES string of the molecule is COC(=O)c1cn(CC(=O)NNC(=O)[C@@H]2CC[C@@H]3CN2C(=O)N3OS(=O)(=O)O)nn1. The van der Waals surface area contributed by atoms with E-state index in [1.165, 1.54) is 6.20 Å². The van der Waals surface area contributed by atoms with Crippen molar-refractivity contribution in [3.05, 3.63) is 11.9 Å². The molecule has 2 saturated heterocycles. The average molecular weight is 447 g/mol. The molecule has 164 valence electrons. The third-order valence-electron chi connectivity index (χ3n) is 4.36. The van der Waals surface area contributed by atoms with E-state index in [1.807, 2.05) is 0 Å². The van der Waals surface area contributed by atoms with Gasteiger partial charge in [0.2, 0.25) is 0 Å². The number of piperidine rings is 1. The smallest absolute Gasteiger partial charge is 0.418 e. The van der Waals surface area contributed by atoms with Crippen LogP contribution >= 0.6 is 0 Å². The first kappa shape index (κ1) is 21.4. The highest BCUT2D eigenvalue weighted by Crippen LogP contribution is 2.30. The van der Waals surface area contributed by atoms with E-state index < -0.39 is 46.3 Å². The Kier molecular flexibility index (Phi) is 5.85. The van der Waals surface area contributed by atoms with Crippen molar-refractivity contribution in [3.8, 4) is 0 Å². The summed E-state index contributed by atoms with van der Waals surface area (Å²) in [6, 6.07) is -2.53. The van der Waals surface area contributed by atoms with Gasteiger partial charge in [-0.25, -0.2) is 14.3 Å². The number of methoxy groups -OCH3 is 1. The van der Waals surface area contributed by atoms with Crippen LogP contribution in [0.1, 0.15) is 23.3 Å². The highest BCUT2D eigenvalue weighted by Gasteiger charge is 2.49. The number of nitrogens with zero attached hydrogens (tertiary/aromatic N) is 5. The second-order valence-electron chi connectivity index (χ2n) is 6.34. The third kappa shape index (κ3) is 4.63. The van der Waals surface area contributed by atoms with E-state index in [2.05, 4.69) is 30.2 Å². The van der Waals surface area contributed by atoms with Crippen LogP contribution in [-0.4, -0.2) is 87.5 Å². The Morgan fingerprint density at radius 1 is 1.30 bits per heavy atom. The predicted octanol–water partition coefficient (Wildman–Crippen LogP) is -2.78. The van der Waals surface area contributed by atoms with E-state index in [9.17, 15) is 27.6 Å². The summed E-state index contributed by atoms with van der Waals surface area (Å²) < 4.78 is 40.3. The molecular weight excluding hydrogens is 430 g/mol. The minimum absolute atomic E-state index is 0.00957. The normalized spacial score (nSPS) is 20.8. The van der Waals surface area contributed by atoms with Crippen LogP contribution in [0.15, 0.2) is 6.20 Å². The molecule has 17 heteroatoms. The zero-order chi connectivity index (χ0) is 22.1. The Morgan fingerprint density at radius 3 is 2.70 bits per heavy atom. The van der Waals surface area contributed by atoms with E-state index in [-0.39, 0.29) is 31.6 Å². The van der Waals surface area contributed by atoms with Crippen molar-refractivity contribution in [2.75, 3.05) is 13.7 Å². The fourth-order valence-electron chi connectivity index (χ4n) is 3.08. The molecule has 2 fully saturated rings. The number of carbonyl (C=O) groups is 4. The number of esters is 1.